The molecule has 1 aromatic heterocycles. The predicted octanol–water partition coefficient (Wildman–Crippen LogP) is 2.10. The molecular weight excluding hydrogens is 354 g/mol. The van der Waals surface area contributed by atoms with E-state index in [2.05, 4.69) is 4.98 Å². The number of hydrogen-bond acceptors (Lipinski definition) is 6. The lowest BCUT2D eigenvalue weighted by Crippen LogP contribution is -2.52. The summed E-state index contributed by atoms with van der Waals surface area (Å²) in [5, 5.41) is 21.2. The lowest BCUT2D eigenvalue weighted by atomic mass is 9.80. The number of benzene rings is 1. The molecule has 1 unspecified atom stereocenters. The molecule has 0 aliphatic carbocycles. The molecule has 0 bridgehead atoms. The lowest BCUT2D eigenvalue weighted by molar-refractivity contribution is -0.383. The van der Waals surface area contributed by atoms with Crippen LogP contribution in [0.15, 0.2) is 30.5 Å². The fraction of sp³-hybridized carbons (Fsp3) is 0.389. The normalized spacial score (nSPS) is 19.8. The Labute approximate surface area is 154 Å². The van der Waals surface area contributed by atoms with Crippen LogP contribution in [0.1, 0.15) is 23.2 Å². The molecule has 3 rings (SSSR count). The van der Waals surface area contributed by atoms with Crippen LogP contribution >= 0.6 is 0 Å². The number of hydrogen-bond donors (Lipinski definition) is 1. The molecule has 2 heterocycles. The first-order chi connectivity index (χ1) is 12.9. The number of amides is 1. The molecule has 1 N–H and O–H groups in total. The number of carboxylic acids is 1. The number of pyridine rings is 1. The second kappa shape index (κ2) is 7.28. The van der Waals surface area contributed by atoms with Crippen molar-refractivity contribution in [3.8, 4) is 0 Å². The molecule has 0 spiro atoms. The van der Waals surface area contributed by atoms with Gasteiger partial charge in [0.1, 0.15) is 5.41 Å². The molecule has 1 amide bonds. The first-order valence-corrected chi connectivity index (χ1v) is 8.43. The quantitative estimate of drug-likeness (QED) is 0.629. The average Bonchev–Trinajstić information content (AvgIpc) is 2.66. The molecule has 1 aromatic carbocycles. The van der Waals surface area contributed by atoms with Crippen LogP contribution in [-0.4, -0.2) is 58.6 Å². The van der Waals surface area contributed by atoms with E-state index < -0.39 is 22.2 Å². The summed E-state index contributed by atoms with van der Waals surface area (Å²) in [5.41, 5.74) is -0.843. The first-order valence-electron chi connectivity index (χ1n) is 8.43. The smallest absolute Gasteiger partial charge is 0.313 e. The highest BCUT2D eigenvalue weighted by Gasteiger charge is 2.44. The average molecular weight is 373 g/mol. The Morgan fingerprint density at radius 1 is 1.41 bits per heavy atom. The zero-order chi connectivity index (χ0) is 19.6. The minimum atomic E-state index is -1.16. The minimum absolute atomic E-state index is 0.00533. The molecule has 1 saturated heterocycles. The highest BCUT2D eigenvalue weighted by atomic mass is 16.6. The standard InChI is InChI=1S/C18H19N3O6/c1-27-11-18(17(23)24)7-3-9-20(10-18)16(22)13-5-6-14(21(25)26)12-4-2-8-19-15(12)13/h2,4-6,8H,3,7,9-11H2,1H3,(H,23,24). The highest BCUT2D eigenvalue weighted by Crippen LogP contribution is 2.33. The van der Waals surface area contributed by atoms with E-state index in [0.29, 0.717) is 19.4 Å². The number of aliphatic carboxylic acids is 1. The number of carboxylic acid groups (broad SMARTS) is 1. The van der Waals surface area contributed by atoms with E-state index in [-0.39, 0.29) is 35.3 Å². The van der Waals surface area contributed by atoms with E-state index in [9.17, 15) is 24.8 Å². The number of ether oxygens (including phenoxy) is 1. The molecule has 1 fully saturated rings. The number of non-ortho nitro benzene ring substituents is 1. The van der Waals surface area contributed by atoms with Gasteiger partial charge in [-0.15, -0.1) is 0 Å². The van der Waals surface area contributed by atoms with Crippen molar-refractivity contribution in [2.45, 2.75) is 12.8 Å². The predicted molar refractivity (Wildman–Crippen MR) is 95.5 cm³/mol. The summed E-state index contributed by atoms with van der Waals surface area (Å²) in [4.78, 5) is 41.2. The van der Waals surface area contributed by atoms with Gasteiger partial charge in [-0.3, -0.25) is 24.7 Å². The fourth-order valence-electron chi connectivity index (χ4n) is 3.60. The molecule has 142 valence electrons. The summed E-state index contributed by atoms with van der Waals surface area (Å²) in [6.45, 7) is 0.425. The number of aromatic nitrogens is 1. The number of nitrogens with zero attached hydrogens (tertiary/aromatic N) is 3. The van der Waals surface area contributed by atoms with Gasteiger partial charge in [-0.25, -0.2) is 0 Å². The molecule has 1 aliphatic rings. The summed E-state index contributed by atoms with van der Waals surface area (Å²) in [7, 11) is 1.43. The molecule has 0 saturated carbocycles. The summed E-state index contributed by atoms with van der Waals surface area (Å²) in [5.74, 6) is -1.40. The van der Waals surface area contributed by atoms with Gasteiger partial charge in [0.15, 0.2) is 0 Å². The number of nitro groups is 1. The van der Waals surface area contributed by atoms with E-state index in [1.807, 2.05) is 0 Å². The Morgan fingerprint density at radius 3 is 2.85 bits per heavy atom. The van der Waals surface area contributed by atoms with E-state index in [1.54, 1.807) is 12.1 Å². The number of likely N-dealkylation sites (tertiary alicyclic amines) is 1. The van der Waals surface area contributed by atoms with E-state index in [1.165, 1.54) is 30.3 Å². The van der Waals surface area contributed by atoms with Crippen molar-refractivity contribution in [2.24, 2.45) is 5.41 Å². The van der Waals surface area contributed by atoms with Crippen molar-refractivity contribution in [1.82, 2.24) is 9.88 Å². The van der Waals surface area contributed by atoms with Gasteiger partial charge in [-0.2, -0.15) is 0 Å². The number of nitro benzene ring substituents is 1. The molecule has 9 nitrogen and oxygen atoms in total. The minimum Gasteiger partial charge on any atom is -0.481 e. The Morgan fingerprint density at radius 2 is 2.19 bits per heavy atom. The molecule has 1 aliphatic heterocycles. The summed E-state index contributed by atoms with van der Waals surface area (Å²) >= 11 is 0. The van der Waals surface area contributed by atoms with E-state index >= 15 is 0 Å². The van der Waals surface area contributed by atoms with Crippen LogP contribution in [0.2, 0.25) is 0 Å². The van der Waals surface area contributed by atoms with Crippen molar-refractivity contribution >= 4 is 28.5 Å². The van der Waals surface area contributed by atoms with Crippen LogP contribution in [0.4, 0.5) is 5.69 Å². The van der Waals surface area contributed by atoms with Crippen LogP contribution in [0.5, 0.6) is 0 Å². The Kier molecular flexibility index (Phi) is 5.04. The Hall–Kier alpha value is -3.07. The summed E-state index contributed by atoms with van der Waals surface area (Å²) in [6.07, 6.45) is 2.41. The van der Waals surface area contributed by atoms with Crippen LogP contribution in [-0.2, 0) is 9.53 Å². The zero-order valence-electron chi connectivity index (χ0n) is 14.8. The zero-order valence-corrected chi connectivity index (χ0v) is 14.8. The van der Waals surface area contributed by atoms with Crippen molar-refractivity contribution in [2.75, 3.05) is 26.8 Å². The van der Waals surface area contributed by atoms with Gasteiger partial charge in [0, 0.05) is 32.5 Å². The number of piperidine rings is 1. The van der Waals surface area contributed by atoms with Gasteiger partial charge in [-0.05, 0) is 31.0 Å². The number of carbonyl (C=O) groups is 2. The second-order valence-electron chi connectivity index (χ2n) is 6.64. The molecule has 27 heavy (non-hydrogen) atoms. The number of fused-ring (bicyclic) bond motifs is 1. The number of methoxy groups -OCH3 is 1. The third kappa shape index (κ3) is 3.33. The third-order valence-corrected chi connectivity index (χ3v) is 4.91. The fourth-order valence-corrected chi connectivity index (χ4v) is 3.60. The van der Waals surface area contributed by atoms with Gasteiger partial charge in [0.25, 0.3) is 11.6 Å². The van der Waals surface area contributed by atoms with Crippen molar-refractivity contribution in [3.63, 3.8) is 0 Å². The highest BCUT2D eigenvalue weighted by molar-refractivity contribution is 6.07. The second-order valence-corrected chi connectivity index (χ2v) is 6.64. The molecule has 9 heteroatoms. The first kappa shape index (κ1) is 18.7. The van der Waals surface area contributed by atoms with E-state index in [0.717, 1.165) is 0 Å². The molecular formula is C18H19N3O6. The SMILES string of the molecule is COCC1(C(=O)O)CCCN(C(=O)c2ccc([N+](=O)[O-])c3cccnc23)C1. The van der Waals surface area contributed by atoms with Crippen LogP contribution < -0.4 is 0 Å². The third-order valence-electron chi connectivity index (χ3n) is 4.91. The lowest BCUT2D eigenvalue weighted by Gasteiger charge is -2.39. The maximum absolute atomic E-state index is 13.1. The van der Waals surface area contributed by atoms with E-state index in [4.69, 9.17) is 4.74 Å². The van der Waals surface area contributed by atoms with Gasteiger partial charge in [0.2, 0.25) is 0 Å². The van der Waals surface area contributed by atoms with Gasteiger partial charge in [0.05, 0.1) is 28.0 Å². The topological polar surface area (TPSA) is 123 Å². The van der Waals surface area contributed by atoms with Crippen molar-refractivity contribution in [3.05, 3.63) is 46.1 Å². The monoisotopic (exact) mass is 373 g/mol. The van der Waals surface area contributed by atoms with Gasteiger partial charge in [-0.1, -0.05) is 0 Å². The maximum Gasteiger partial charge on any atom is 0.313 e. The van der Waals surface area contributed by atoms with Gasteiger partial charge < -0.3 is 14.7 Å². The van der Waals surface area contributed by atoms with Crippen LogP contribution in [0, 0.1) is 15.5 Å². The number of rotatable bonds is 5. The van der Waals surface area contributed by atoms with Crippen LogP contribution in [0.25, 0.3) is 10.9 Å². The number of carbonyl (C=O) groups excluding carboxylic acids is 1. The summed E-state index contributed by atoms with van der Waals surface area (Å²) < 4.78 is 5.09. The van der Waals surface area contributed by atoms with Crippen LogP contribution in [0.3, 0.4) is 0 Å². The molecule has 2 aromatic rings. The molecule has 1 atom stereocenters. The maximum atomic E-state index is 13.1. The largest absolute Gasteiger partial charge is 0.481 e. The Balaban J connectivity index is 2.00. The Bertz CT molecular complexity index is 911. The van der Waals surface area contributed by atoms with Crippen molar-refractivity contribution in [1.29, 1.82) is 0 Å². The summed E-state index contributed by atoms with van der Waals surface area (Å²) in [6, 6.07) is 5.77. The van der Waals surface area contributed by atoms with Gasteiger partial charge >= 0.3 is 5.97 Å². The molecule has 0 radical (unpaired) electrons. The van der Waals surface area contributed by atoms with Crippen molar-refractivity contribution < 1.29 is 24.4 Å².